The van der Waals surface area contributed by atoms with Gasteiger partial charge in [-0.25, -0.2) is 0 Å². The van der Waals surface area contributed by atoms with Crippen molar-refractivity contribution < 1.29 is 9.26 Å². The molecule has 2 heterocycles. The van der Waals surface area contributed by atoms with E-state index in [4.69, 9.17) is 9.26 Å². The van der Waals surface area contributed by atoms with Gasteiger partial charge in [-0.2, -0.15) is 4.98 Å². The van der Waals surface area contributed by atoms with Crippen molar-refractivity contribution in [2.45, 2.75) is 18.9 Å². The van der Waals surface area contributed by atoms with E-state index in [9.17, 15) is 0 Å². The average Bonchev–Trinajstić information content (AvgIpc) is 3.32. The molecule has 128 valence electrons. The van der Waals surface area contributed by atoms with Crippen molar-refractivity contribution in [3.8, 4) is 17.1 Å². The van der Waals surface area contributed by atoms with E-state index in [1.807, 2.05) is 24.3 Å². The largest absolute Gasteiger partial charge is 0.497 e. The highest BCUT2D eigenvalue weighted by atomic mass is 16.5. The minimum Gasteiger partial charge on any atom is -0.497 e. The molecular weight excluding hydrogens is 314 g/mol. The second kappa shape index (κ2) is 7.07. The molecule has 4 rings (SSSR count). The Balaban J connectivity index is 1.44. The number of hydrogen-bond acceptors (Lipinski definition) is 5. The number of methoxy groups -OCH3 is 1. The molecule has 3 aromatic rings. The zero-order valence-corrected chi connectivity index (χ0v) is 14.3. The minimum absolute atomic E-state index is 0.301. The SMILES string of the molecule is COc1cccc(-c2noc(C3CCN(Cc4ccccc4)C3)n2)c1. The minimum atomic E-state index is 0.301. The van der Waals surface area contributed by atoms with Crippen molar-refractivity contribution in [1.29, 1.82) is 0 Å². The summed E-state index contributed by atoms with van der Waals surface area (Å²) in [4.78, 5) is 7.06. The van der Waals surface area contributed by atoms with Gasteiger partial charge in [0.1, 0.15) is 5.75 Å². The van der Waals surface area contributed by atoms with Crippen molar-refractivity contribution in [2.75, 3.05) is 20.2 Å². The van der Waals surface area contributed by atoms with Crippen LogP contribution in [0.25, 0.3) is 11.4 Å². The number of benzene rings is 2. The van der Waals surface area contributed by atoms with E-state index in [0.717, 1.165) is 43.3 Å². The molecule has 0 amide bonds. The molecule has 0 spiro atoms. The molecule has 1 aliphatic heterocycles. The molecule has 25 heavy (non-hydrogen) atoms. The third-order valence-corrected chi connectivity index (χ3v) is 4.64. The summed E-state index contributed by atoms with van der Waals surface area (Å²) in [6, 6.07) is 18.3. The fourth-order valence-corrected chi connectivity index (χ4v) is 3.30. The maximum absolute atomic E-state index is 5.55. The molecule has 0 aliphatic carbocycles. The predicted octanol–water partition coefficient (Wildman–Crippen LogP) is 3.73. The maximum Gasteiger partial charge on any atom is 0.231 e. The fraction of sp³-hybridized carbons (Fsp3) is 0.300. The fourth-order valence-electron chi connectivity index (χ4n) is 3.30. The summed E-state index contributed by atoms with van der Waals surface area (Å²) in [6.45, 7) is 2.97. The lowest BCUT2D eigenvalue weighted by molar-refractivity contribution is 0.309. The highest BCUT2D eigenvalue weighted by molar-refractivity contribution is 5.56. The van der Waals surface area contributed by atoms with Gasteiger partial charge in [0.25, 0.3) is 0 Å². The summed E-state index contributed by atoms with van der Waals surface area (Å²) in [5.74, 6) is 2.44. The first kappa shape index (κ1) is 15.8. The molecule has 1 unspecified atom stereocenters. The van der Waals surface area contributed by atoms with Crippen LogP contribution in [0.5, 0.6) is 5.75 Å². The molecule has 0 bridgehead atoms. The Kier molecular flexibility index (Phi) is 4.48. The third-order valence-electron chi connectivity index (χ3n) is 4.64. The van der Waals surface area contributed by atoms with Crippen LogP contribution in [0.2, 0.25) is 0 Å². The Morgan fingerprint density at radius 1 is 1.16 bits per heavy atom. The van der Waals surface area contributed by atoms with Crippen LogP contribution < -0.4 is 4.74 Å². The standard InChI is InChI=1S/C20H21N3O2/c1-24-18-9-5-8-16(12-18)19-21-20(25-22-19)17-10-11-23(14-17)13-15-6-3-2-4-7-15/h2-9,12,17H,10-11,13-14H2,1H3. The van der Waals surface area contributed by atoms with E-state index < -0.39 is 0 Å². The lowest BCUT2D eigenvalue weighted by Gasteiger charge is -2.14. The molecule has 0 N–H and O–H groups in total. The van der Waals surface area contributed by atoms with Crippen molar-refractivity contribution in [3.05, 3.63) is 66.1 Å². The van der Waals surface area contributed by atoms with Crippen molar-refractivity contribution in [3.63, 3.8) is 0 Å². The molecule has 1 saturated heterocycles. The number of likely N-dealkylation sites (tertiary alicyclic amines) is 1. The van der Waals surface area contributed by atoms with Crippen LogP contribution in [0, 0.1) is 0 Å². The number of aromatic nitrogens is 2. The zero-order chi connectivity index (χ0) is 17.1. The molecule has 1 atom stereocenters. The highest BCUT2D eigenvalue weighted by Gasteiger charge is 2.28. The normalized spacial score (nSPS) is 17.7. The van der Waals surface area contributed by atoms with Gasteiger partial charge in [-0.3, -0.25) is 4.90 Å². The van der Waals surface area contributed by atoms with E-state index >= 15 is 0 Å². The van der Waals surface area contributed by atoms with E-state index in [1.54, 1.807) is 7.11 Å². The van der Waals surface area contributed by atoms with Gasteiger partial charge in [0.05, 0.1) is 13.0 Å². The van der Waals surface area contributed by atoms with Crippen LogP contribution in [-0.2, 0) is 6.54 Å². The topological polar surface area (TPSA) is 51.4 Å². The average molecular weight is 335 g/mol. The summed E-state index contributed by atoms with van der Waals surface area (Å²) in [6.07, 6.45) is 1.05. The Hall–Kier alpha value is -2.66. The number of ether oxygens (including phenoxy) is 1. The van der Waals surface area contributed by atoms with Crippen LogP contribution >= 0.6 is 0 Å². The van der Waals surface area contributed by atoms with Crippen LogP contribution in [-0.4, -0.2) is 35.2 Å². The summed E-state index contributed by atoms with van der Waals surface area (Å²) in [7, 11) is 1.65. The molecule has 5 nitrogen and oxygen atoms in total. The van der Waals surface area contributed by atoms with Gasteiger partial charge < -0.3 is 9.26 Å². The van der Waals surface area contributed by atoms with Gasteiger partial charge >= 0.3 is 0 Å². The summed E-state index contributed by atoms with van der Waals surface area (Å²) >= 11 is 0. The number of hydrogen-bond donors (Lipinski definition) is 0. The predicted molar refractivity (Wildman–Crippen MR) is 95.4 cm³/mol. The van der Waals surface area contributed by atoms with Gasteiger partial charge in [-0.05, 0) is 30.7 Å². The lowest BCUT2D eigenvalue weighted by Crippen LogP contribution is -2.19. The third kappa shape index (κ3) is 3.56. The zero-order valence-electron chi connectivity index (χ0n) is 14.3. The van der Waals surface area contributed by atoms with Gasteiger partial charge in [0.15, 0.2) is 0 Å². The molecule has 0 saturated carbocycles. The van der Waals surface area contributed by atoms with Crippen molar-refractivity contribution in [1.82, 2.24) is 15.0 Å². The first-order valence-electron chi connectivity index (χ1n) is 8.56. The first-order valence-corrected chi connectivity index (χ1v) is 8.56. The van der Waals surface area contributed by atoms with Gasteiger partial charge in [-0.1, -0.05) is 47.6 Å². The monoisotopic (exact) mass is 335 g/mol. The summed E-state index contributed by atoms with van der Waals surface area (Å²) < 4.78 is 10.8. The Morgan fingerprint density at radius 3 is 2.88 bits per heavy atom. The molecule has 0 radical (unpaired) electrons. The number of nitrogens with zero attached hydrogens (tertiary/aromatic N) is 3. The molecule has 5 heteroatoms. The Morgan fingerprint density at radius 2 is 2.04 bits per heavy atom. The van der Waals surface area contributed by atoms with Crippen LogP contribution in [0.15, 0.2) is 59.1 Å². The van der Waals surface area contributed by atoms with Crippen LogP contribution in [0.1, 0.15) is 23.8 Å². The van der Waals surface area contributed by atoms with Gasteiger partial charge in [0.2, 0.25) is 11.7 Å². The van der Waals surface area contributed by atoms with E-state index in [-0.39, 0.29) is 0 Å². The summed E-state index contributed by atoms with van der Waals surface area (Å²) in [5, 5.41) is 4.16. The van der Waals surface area contributed by atoms with E-state index in [1.165, 1.54) is 5.56 Å². The highest BCUT2D eigenvalue weighted by Crippen LogP contribution is 2.29. The molecule has 2 aromatic carbocycles. The molecular formula is C20H21N3O2. The molecule has 1 aromatic heterocycles. The lowest BCUT2D eigenvalue weighted by atomic mass is 10.1. The Bertz CT molecular complexity index is 832. The number of rotatable bonds is 5. The quantitative estimate of drug-likeness (QED) is 0.711. The van der Waals surface area contributed by atoms with Crippen LogP contribution in [0.4, 0.5) is 0 Å². The second-order valence-electron chi connectivity index (χ2n) is 6.39. The molecule has 1 aliphatic rings. The van der Waals surface area contributed by atoms with E-state index in [2.05, 4.69) is 45.4 Å². The van der Waals surface area contributed by atoms with Gasteiger partial charge in [0, 0.05) is 18.7 Å². The van der Waals surface area contributed by atoms with Crippen molar-refractivity contribution >= 4 is 0 Å². The molecule has 1 fully saturated rings. The van der Waals surface area contributed by atoms with Crippen molar-refractivity contribution in [2.24, 2.45) is 0 Å². The van der Waals surface area contributed by atoms with E-state index in [0.29, 0.717) is 11.7 Å². The second-order valence-corrected chi connectivity index (χ2v) is 6.39. The first-order chi connectivity index (χ1) is 12.3. The smallest absolute Gasteiger partial charge is 0.231 e. The van der Waals surface area contributed by atoms with Crippen LogP contribution in [0.3, 0.4) is 0 Å². The maximum atomic E-state index is 5.55. The summed E-state index contributed by atoms with van der Waals surface area (Å²) in [5.41, 5.74) is 2.25. The van der Waals surface area contributed by atoms with Gasteiger partial charge in [-0.15, -0.1) is 0 Å². The Labute approximate surface area is 147 Å².